The number of hydrogen-bond acceptors (Lipinski definition) is 7. The summed E-state index contributed by atoms with van der Waals surface area (Å²) < 4.78 is 37.7. The highest BCUT2D eigenvalue weighted by Gasteiger charge is 2.30. The Labute approximate surface area is 194 Å². The third kappa shape index (κ3) is 5.35. The summed E-state index contributed by atoms with van der Waals surface area (Å²) in [5.74, 6) is 2.36. The summed E-state index contributed by atoms with van der Waals surface area (Å²) in [6.07, 6.45) is 2.23. The molecule has 0 bridgehead atoms. The molecule has 0 aliphatic carbocycles. The van der Waals surface area contributed by atoms with Crippen LogP contribution in [-0.2, 0) is 7.05 Å². The molecular formula is C22H25F2N5O3S. The summed E-state index contributed by atoms with van der Waals surface area (Å²) in [5.41, 5.74) is 1.66. The first-order chi connectivity index (χ1) is 15.7. The molecule has 4 heterocycles. The van der Waals surface area contributed by atoms with E-state index in [1.807, 2.05) is 11.8 Å². The van der Waals surface area contributed by atoms with Crippen molar-refractivity contribution in [3.8, 4) is 17.5 Å². The van der Waals surface area contributed by atoms with Gasteiger partial charge < -0.3 is 19.4 Å². The third-order valence-corrected chi connectivity index (χ3v) is 6.46. The van der Waals surface area contributed by atoms with Crippen LogP contribution >= 0.6 is 11.8 Å². The summed E-state index contributed by atoms with van der Waals surface area (Å²) >= 11 is 1.89. The van der Waals surface area contributed by atoms with Crippen molar-refractivity contribution in [2.24, 2.45) is 7.05 Å². The first kappa shape index (κ1) is 23.2. The Hall–Kier alpha value is -2.95. The van der Waals surface area contributed by atoms with Gasteiger partial charge in [0.05, 0.1) is 11.7 Å². The standard InChI is InChI=1S/C22H25F2N5O3S/c1-13-8-16(31-12-17(23)24)21(26-10-13)32-18-9-15-14(11-25-18)27-19(29(15)3)20(30)28-22(2)4-6-33-7-5-22/h8-11,17H,4-7,12H2,1-3H3,(H,28,30). The fourth-order valence-electron chi connectivity index (χ4n) is 3.57. The van der Waals surface area contributed by atoms with Gasteiger partial charge in [0.15, 0.2) is 11.6 Å². The highest BCUT2D eigenvalue weighted by atomic mass is 32.2. The maximum absolute atomic E-state index is 12.9. The van der Waals surface area contributed by atoms with Crippen LogP contribution in [-0.4, -0.2) is 55.5 Å². The number of carbonyl (C=O) groups excluding carboxylic acids is 1. The van der Waals surface area contributed by atoms with Gasteiger partial charge in [0.2, 0.25) is 5.88 Å². The Kier molecular flexibility index (Phi) is 6.68. The predicted molar refractivity (Wildman–Crippen MR) is 121 cm³/mol. The summed E-state index contributed by atoms with van der Waals surface area (Å²) in [6, 6.07) is 3.19. The molecule has 0 aromatic carbocycles. The van der Waals surface area contributed by atoms with Crippen LogP contribution in [0.3, 0.4) is 0 Å². The second-order valence-corrected chi connectivity index (χ2v) is 9.48. The van der Waals surface area contributed by atoms with Crippen molar-refractivity contribution in [3.05, 3.63) is 35.9 Å². The number of halogens is 2. The van der Waals surface area contributed by atoms with Crippen LogP contribution in [0.4, 0.5) is 8.78 Å². The molecule has 1 aliphatic rings. The number of imidazole rings is 1. The van der Waals surface area contributed by atoms with E-state index in [2.05, 4.69) is 27.2 Å². The minimum atomic E-state index is -2.62. The lowest BCUT2D eigenvalue weighted by molar-refractivity contribution is 0.0803. The second-order valence-electron chi connectivity index (χ2n) is 8.25. The zero-order valence-electron chi connectivity index (χ0n) is 18.6. The monoisotopic (exact) mass is 477 g/mol. The Morgan fingerprint density at radius 3 is 2.76 bits per heavy atom. The van der Waals surface area contributed by atoms with Crippen LogP contribution in [0.2, 0.25) is 0 Å². The molecule has 1 N–H and O–H groups in total. The van der Waals surface area contributed by atoms with Gasteiger partial charge in [0, 0.05) is 24.8 Å². The van der Waals surface area contributed by atoms with Crippen molar-refractivity contribution >= 4 is 28.7 Å². The lowest BCUT2D eigenvalue weighted by Gasteiger charge is -2.34. The maximum atomic E-state index is 12.9. The van der Waals surface area contributed by atoms with E-state index in [-0.39, 0.29) is 34.8 Å². The molecular weight excluding hydrogens is 452 g/mol. The van der Waals surface area contributed by atoms with Gasteiger partial charge in [-0.3, -0.25) is 4.79 Å². The van der Waals surface area contributed by atoms with E-state index in [1.165, 1.54) is 6.20 Å². The average Bonchev–Trinajstić information content (AvgIpc) is 3.10. The molecule has 0 saturated carbocycles. The van der Waals surface area contributed by atoms with Gasteiger partial charge in [-0.1, -0.05) is 0 Å². The van der Waals surface area contributed by atoms with E-state index in [1.54, 1.807) is 36.9 Å². The zero-order valence-corrected chi connectivity index (χ0v) is 19.4. The Balaban J connectivity index is 1.57. The molecule has 1 fully saturated rings. The Bertz CT molecular complexity index is 1160. The van der Waals surface area contributed by atoms with Crippen molar-refractivity contribution in [1.29, 1.82) is 0 Å². The molecule has 1 saturated heterocycles. The number of ether oxygens (including phenoxy) is 2. The molecule has 8 nitrogen and oxygen atoms in total. The van der Waals surface area contributed by atoms with Crippen molar-refractivity contribution in [2.45, 2.75) is 38.7 Å². The minimum Gasteiger partial charge on any atom is -0.482 e. The minimum absolute atomic E-state index is 0.0244. The summed E-state index contributed by atoms with van der Waals surface area (Å²) in [7, 11) is 1.74. The van der Waals surface area contributed by atoms with E-state index in [0.717, 1.165) is 29.9 Å². The number of pyridine rings is 2. The number of nitrogens with one attached hydrogen (secondary N) is 1. The molecule has 1 aliphatic heterocycles. The molecule has 3 aromatic heterocycles. The van der Waals surface area contributed by atoms with Gasteiger partial charge in [-0.25, -0.2) is 23.7 Å². The molecule has 1 amide bonds. The largest absolute Gasteiger partial charge is 0.482 e. The van der Waals surface area contributed by atoms with Crippen LogP contribution < -0.4 is 14.8 Å². The summed E-state index contributed by atoms with van der Waals surface area (Å²) in [4.78, 5) is 25.8. The number of hydrogen-bond donors (Lipinski definition) is 1. The van der Waals surface area contributed by atoms with Crippen LogP contribution in [0.1, 0.15) is 35.9 Å². The number of alkyl halides is 2. The highest BCUT2D eigenvalue weighted by molar-refractivity contribution is 7.99. The number of amides is 1. The van der Waals surface area contributed by atoms with E-state index >= 15 is 0 Å². The molecule has 11 heteroatoms. The normalized spacial score (nSPS) is 15.6. The first-order valence-electron chi connectivity index (χ1n) is 10.5. The molecule has 0 spiro atoms. The number of nitrogens with zero attached hydrogens (tertiary/aromatic N) is 4. The van der Waals surface area contributed by atoms with Crippen LogP contribution in [0.15, 0.2) is 24.5 Å². The van der Waals surface area contributed by atoms with Crippen molar-refractivity contribution in [3.63, 3.8) is 0 Å². The van der Waals surface area contributed by atoms with Gasteiger partial charge in [-0.15, -0.1) is 0 Å². The molecule has 0 unspecified atom stereocenters. The summed E-state index contributed by atoms with van der Waals surface area (Å²) in [5, 5.41) is 3.13. The smallest absolute Gasteiger partial charge is 0.287 e. The maximum Gasteiger partial charge on any atom is 0.287 e. The first-order valence-corrected chi connectivity index (χ1v) is 11.7. The predicted octanol–water partition coefficient (Wildman–Crippen LogP) is 4.12. The second kappa shape index (κ2) is 9.50. The number of fused-ring (bicyclic) bond motifs is 1. The van der Waals surface area contributed by atoms with Crippen LogP contribution in [0, 0.1) is 6.92 Å². The summed E-state index contributed by atoms with van der Waals surface area (Å²) in [6.45, 7) is 3.06. The lowest BCUT2D eigenvalue weighted by atomic mass is 9.95. The fourth-order valence-corrected chi connectivity index (χ4v) is 4.97. The van der Waals surface area contributed by atoms with Gasteiger partial charge in [0.25, 0.3) is 18.2 Å². The number of thioether (sulfide) groups is 1. The van der Waals surface area contributed by atoms with E-state index in [0.29, 0.717) is 11.0 Å². The fraction of sp³-hybridized carbons (Fsp3) is 0.455. The molecule has 33 heavy (non-hydrogen) atoms. The number of aromatic nitrogens is 4. The highest BCUT2D eigenvalue weighted by Crippen LogP contribution is 2.31. The zero-order chi connectivity index (χ0) is 23.6. The average molecular weight is 478 g/mol. The van der Waals surface area contributed by atoms with Gasteiger partial charge >= 0.3 is 0 Å². The topological polar surface area (TPSA) is 91.2 Å². The third-order valence-electron chi connectivity index (χ3n) is 5.48. The van der Waals surface area contributed by atoms with E-state index < -0.39 is 13.0 Å². The van der Waals surface area contributed by atoms with Crippen molar-refractivity contribution in [1.82, 2.24) is 24.8 Å². The van der Waals surface area contributed by atoms with Crippen molar-refractivity contribution in [2.75, 3.05) is 18.1 Å². The van der Waals surface area contributed by atoms with Crippen LogP contribution in [0.5, 0.6) is 17.5 Å². The molecule has 4 rings (SSSR count). The Morgan fingerprint density at radius 1 is 1.27 bits per heavy atom. The van der Waals surface area contributed by atoms with E-state index in [9.17, 15) is 13.6 Å². The SMILES string of the molecule is Cc1cnc(Oc2cc3c(cn2)nc(C(=O)NC2(C)CCSCC2)n3C)c(OCC(F)F)c1. The van der Waals surface area contributed by atoms with E-state index in [4.69, 9.17) is 9.47 Å². The van der Waals surface area contributed by atoms with Gasteiger partial charge in [-0.05, 0) is 49.8 Å². The molecule has 176 valence electrons. The number of aryl methyl sites for hydroxylation is 2. The quantitative estimate of drug-likeness (QED) is 0.547. The van der Waals surface area contributed by atoms with Gasteiger partial charge in [0.1, 0.15) is 12.1 Å². The van der Waals surface area contributed by atoms with Gasteiger partial charge in [-0.2, -0.15) is 11.8 Å². The molecule has 0 radical (unpaired) electrons. The molecule has 3 aromatic rings. The Morgan fingerprint density at radius 2 is 2.03 bits per heavy atom. The number of carbonyl (C=O) groups is 1. The number of rotatable bonds is 7. The lowest BCUT2D eigenvalue weighted by Crippen LogP contribution is -2.48. The van der Waals surface area contributed by atoms with Crippen LogP contribution in [0.25, 0.3) is 11.0 Å². The van der Waals surface area contributed by atoms with Crippen molar-refractivity contribution < 1.29 is 23.0 Å². The molecule has 0 atom stereocenters.